The Morgan fingerprint density at radius 1 is 1.10 bits per heavy atom. The molecule has 0 aliphatic carbocycles. The van der Waals surface area contributed by atoms with Crippen molar-refractivity contribution in [3.05, 3.63) is 65.2 Å². The summed E-state index contributed by atoms with van der Waals surface area (Å²) in [5, 5.41) is 3.02. The van der Waals surface area contributed by atoms with Crippen LogP contribution in [0, 0.1) is 6.92 Å². The molecule has 3 nitrogen and oxygen atoms in total. The first kappa shape index (κ1) is 15.1. The van der Waals surface area contributed by atoms with Crippen LogP contribution >= 0.6 is 0 Å². The topological polar surface area (TPSA) is 55.1 Å². The van der Waals surface area contributed by atoms with Crippen molar-refractivity contribution in [2.75, 3.05) is 5.73 Å². The molecule has 0 aliphatic rings. The first-order valence-electron chi connectivity index (χ1n) is 7.25. The molecule has 0 saturated carbocycles. The number of hydrogen-bond acceptors (Lipinski definition) is 2. The molecule has 1 unspecified atom stereocenters. The molecule has 0 aliphatic heterocycles. The van der Waals surface area contributed by atoms with Gasteiger partial charge in [-0.3, -0.25) is 4.79 Å². The molecule has 0 heterocycles. The van der Waals surface area contributed by atoms with Crippen LogP contribution in [0.1, 0.15) is 36.1 Å². The fraction of sp³-hybridized carbons (Fsp3) is 0.278. The summed E-state index contributed by atoms with van der Waals surface area (Å²) in [4.78, 5) is 12.0. The van der Waals surface area contributed by atoms with Gasteiger partial charge in [0.15, 0.2) is 0 Å². The van der Waals surface area contributed by atoms with E-state index in [2.05, 4.69) is 36.5 Å². The highest BCUT2D eigenvalue weighted by atomic mass is 16.1. The molecule has 1 atom stereocenters. The van der Waals surface area contributed by atoms with Crippen LogP contribution in [0.4, 0.5) is 5.69 Å². The fourth-order valence-corrected chi connectivity index (χ4v) is 2.19. The van der Waals surface area contributed by atoms with E-state index in [0.717, 1.165) is 17.7 Å². The van der Waals surface area contributed by atoms with Gasteiger partial charge in [0.05, 0.1) is 6.04 Å². The fourth-order valence-electron chi connectivity index (χ4n) is 2.19. The van der Waals surface area contributed by atoms with Gasteiger partial charge in [-0.15, -0.1) is 0 Å². The third-order valence-corrected chi connectivity index (χ3v) is 3.58. The summed E-state index contributed by atoms with van der Waals surface area (Å²) in [5.74, 6) is 0.0694. The molecule has 0 saturated heterocycles. The normalized spacial score (nSPS) is 11.9. The second kappa shape index (κ2) is 6.93. The number of rotatable bonds is 5. The van der Waals surface area contributed by atoms with Crippen molar-refractivity contribution in [2.45, 2.75) is 32.7 Å². The van der Waals surface area contributed by atoms with E-state index in [9.17, 15) is 4.79 Å². The highest BCUT2D eigenvalue weighted by molar-refractivity contribution is 5.76. The van der Waals surface area contributed by atoms with Gasteiger partial charge in [0.1, 0.15) is 0 Å². The molecule has 1 amide bonds. The number of carbonyl (C=O) groups excluding carboxylic acids is 1. The van der Waals surface area contributed by atoms with E-state index in [-0.39, 0.29) is 11.9 Å². The predicted octanol–water partition coefficient (Wildman–Crippen LogP) is 3.39. The Morgan fingerprint density at radius 2 is 1.71 bits per heavy atom. The molecule has 3 N–H and O–H groups in total. The number of aryl methyl sites for hydroxylation is 2. The lowest BCUT2D eigenvalue weighted by Crippen LogP contribution is -2.26. The summed E-state index contributed by atoms with van der Waals surface area (Å²) in [6.07, 6.45) is 1.27. The van der Waals surface area contributed by atoms with Crippen LogP contribution in [0.5, 0.6) is 0 Å². The lowest BCUT2D eigenvalue weighted by Gasteiger charge is -2.14. The largest absolute Gasteiger partial charge is 0.399 e. The highest BCUT2D eigenvalue weighted by Gasteiger charge is 2.09. The first-order chi connectivity index (χ1) is 10.0. The summed E-state index contributed by atoms with van der Waals surface area (Å²) >= 11 is 0. The maximum atomic E-state index is 12.0. The number of nitrogens with one attached hydrogen (secondary N) is 1. The van der Waals surface area contributed by atoms with E-state index in [0.29, 0.717) is 6.42 Å². The first-order valence-corrected chi connectivity index (χ1v) is 7.25. The van der Waals surface area contributed by atoms with Crippen LogP contribution in [0.25, 0.3) is 0 Å². The minimum atomic E-state index is -0.00359. The van der Waals surface area contributed by atoms with Crippen LogP contribution in [-0.2, 0) is 11.2 Å². The summed E-state index contributed by atoms with van der Waals surface area (Å²) in [6, 6.07) is 15.9. The van der Waals surface area contributed by atoms with Crippen molar-refractivity contribution < 1.29 is 4.79 Å². The second-order valence-corrected chi connectivity index (χ2v) is 5.44. The predicted molar refractivity (Wildman–Crippen MR) is 86.9 cm³/mol. The number of hydrogen-bond donors (Lipinski definition) is 2. The number of benzene rings is 2. The molecular formula is C18H22N2O. The second-order valence-electron chi connectivity index (χ2n) is 5.44. The van der Waals surface area contributed by atoms with Gasteiger partial charge in [-0.1, -0.05) is 42.0 Å². The Bertz CT molecular complexity index is 588. The van der Waals surface area contributed by atoms with Crippen LogP contribution in [0.2, 0.25) is 0 Å². The smallest absolute Gasteiger partial charge is 0.220 e. The molecule has 0 fully saturated rings. The van der Waals surface area contributed by atoms with Gasteiger partial charge in [0, 0.05) is 12.1 Å². The van der Waals surface area contributed by atoms with E-state index < -0.39 is 0 Å². The molecule has 2 aromatic carbocycles. The SMILES string of the molecule is Cc1ccc(CCC(=O)NC(C)c2ccc(N)cc2)cc1. The molecule has 0 aromatic heterocycles. The van der Waals surface area contributed by atoms with Gasteiger partial charge < -0.3 is 11.1 Å². The zero-order valence-corrected chi connectivity index (χ0v) is 12.6. The van der Waals surface area contributed by atoms with Gasteiger partial charge in [0.25, 0.3) is 0 Å². The highest BCUT2D eigenvalue weighted by Crippen LogP contribution is 2.14. The minimum absolute atomic E-state index is 0.00359. The summed E-state index contributed by atoms with van der Waals surface area (Å²) < 4.78 is 0. The molecule has 0 bridgehead atoms. The molecular weight excluding hydrogens is 260 g/mol. The monoisotopic (exact) mass is 282 g/mol. The van der Waals surface area contributed by atoms with Crippen molar-refractivity contribution >= 4 is 11.6 Å². The van der Waals surface area contributed by atoms with Crippen molar-refractivity contribution in [3.63, 3.8) is 0 Å². The standard InChI is InChI=1S/C18H22N2O/c1-13-3-5-15(6-4-13)7-12-18(21)20-14(2)16-8-10-17(19)11-9-16/h3-6,8-11,14H,7,12,19H2,1-2H3,(H,20,21). The van der Waals surface area contributed by atoms with Gasteiger partial charge in [-0.05, 0) is 43.5 Å². The van der Waals surface area contributed by atoms with Crippen LogP contribution in [0.15, 0.2) is 48.5 Å². The average molecular weight is 282 g/mol. The van der Waals surface area contributed by atoms with Crippen molar-refractivity contribution in [3.8, 4) is 0 Å². The maximum absolute atomic E-state index is 12.0. The zero-order chi connectivity index (χ0) is 15.2. The van der Waals surface area contributed by atoms with E-state index >= 15 is 0 Å². The molecule has 2 aromatic rings. The summed E-state index contributed by atoms with van der Waals surface area (Å²) in [7, 11) is 0. The molecule has 21 heavy (non-hydrogen) atoms. The molecule has 3 heteroatoms. The van der Waals surface area contributed by atoms with E-state index in [1.807, 2.05) is 31.2 Å². The third-order valence-electron chi connectivity index (χ3n) is 3.58. The zero-order valence-electron chi connectivity index (χ0n) is 12.6. The van der Waals surface area contributed by atoms with E-state index in [1.54, 1.807) is 0 Å². The number of carbonyl (C=O) groups is 1. The Morgan fingerprint density at radius 3 is 2.33 bits per heavy atom. The lowest BCUT2D eigenvalue weighted by atomic mass is 10.1. The van der Waals surface area contributed by atoms with Gasteiger partial charge in [-0.25, -0.2) is 0 Å². The number of amides is 1. The summed E-state index contributed by atoms with van der Waals surface area (Å²) in [6.45, 7) is 4.04. The van der Waals surface area contributed by atoms with E-state index in [1.165, 1.54) is 11.1 Å². The minimum Gasteiger partial charge on any atom is -0.399 e. The van der Waals surface area contributed by atoms with Gasteiger partial charge in [0.2, 0.25) is 5.91 Å². The molecule has 0 spiro atoms. The van der Waals surface area contributed by atoms with Gasteiger partial charge in [-0.2, -0.15) is 0 Å². The van der Waals surface area contributed by atoms with Crippen LogP contribution in [0.3, 0.4) is 0 Å². The molecule has 2 rings (SSSR count). The molecule has 0 radical (unpaired) electrons. The molecule has 110 valence electrons. The number of nitrogens with two attached hydrogens (primary N) is 1. The number of nitrogen functional groups attached to an aromatic ring is 1. The van der Waals surface area contributed by atoms with Crippen molar-refractivity contribution in [1.29, 1.82) is 0 Å². The Kier molecular flexibility index (Phi) is 4.99. The van der Waals surface area contributed by atoms with E-state index in [4.69, 9.17) is 5.73 Å². The Balaban J connectivity index is 1.83. The average Bonchev–Trinajstić information content (AvgIpc) is 2.47. The lowest BCUT2D eigenvalue weighted by molar-refractivity contribution is -0.121. The number of anilines is 1. The Hall–Kier alpha value is -2.29. The maximum Gasteiger partial charge on any atom is 0.220 e. The van der Waals surface area contributed by atoms with Crippen molar-refractivity contribution in [1.82, 2.24) is 5.32 Å². The summed E-state index contributed by atoms with van der Waals surface area (Å²) in [5.41, 5.74) is 9.89. The van der Waals surface area contributed by atoms with Crippen LogP contribution < -0.4 is 11.1 Å². The Labute approximate surface area is 126 Å². The van der Waals surface area contributed by atoms with Crippen molar-refractivity contribution in [2.24, 2.45) is 0 Å². The van der Waals surface area contributed by atoms with Gasteiger partial charge >= 0.3 is 0 Å². The third kappa shape index (κ3) is 4.63. The van der Waals surface area contributed by atoms with Crippen LogP contribution in [-0.4, -0.2) is 5.91 Å². The quantitative estimate of drug-likeness (QED) is 0.826.